The van der Waals surface area contributed by atoms with Crippen LogP contribution in [0, 0.1) is 5.92 Å². The molecule has 0 aliphatic carbocycles. The summed E-state index contributed by atoms with van der Waals surface area (Å²) in [6, 6.07) is 10.4. The largest absolute Gasteiger partial charge is 0.481 e. The third kappa shape index (κ3) is 4.05. The number of carboxylic acids is 1. The summed E-state index contributed by atoms with van der Waals surface area (Å²) in [6.07, 6.45) is 1.65. The first-order chi connectivity index (χ1) is 9.70. The third-order valence-corrected chi connectivity index (χ3v) is 3.94. The van der Waals surface area contributed by atoms with Crippen LogP contribution in [0.3, 0.4) is 0 Å². The standard InChI is InChI=1S/C16H24N2O2/c1-2-6-14(16(19)20)15-12-18(10-9-17-15)11-13-7-4-3-5-8-13/h3-5,7-8,14-15,17H,2,6,9-12H2,1H3,(H,19,20). The monoisotopic (exact) mass is 276 g/mol. The van der Waals surface area contributed by atoms with Crippen molar-refractivity contribution in [1.29, 1.82) is 0 Å². The lowest BCUT2D eigenvalue weighted by Crippen LogP contribution is -2.54. The molecule has 2 atom stereocenters. The highest BCUT2D eigenvalue weighted by molar-refractivity contribution is 5.71. The average molecular weight is 276 g/mol. The quantitative estimate of drug-likeness (QED) is 0.834. The van der Waals surface area contributed by atoms with Crippen molar-refractivity contribution in [2.75, 3.05) is 19.6 Å². The molecule has 1 aliphatic heterocycles. The smallest absolute Gasteiger partial charge is 0.308 e. The van der Waals surface area contributed by atoms with E-state index in [2.05, 4.69) is 22.3 Å². The van der Waals surface area contributed by atoms with Crippen molar-refractivity contribution in [3.63, 3.8) is 0 Å². The maximum absolute atomic E-state index is 11.4. The Morgan fingerprint density at radius 1 is 1.45 bits per heavy atom. The number of benzene rings is 1. The van der Waals surface area contributed by atoms with Gasteiger partial charge in [0.05, 0.1) is 5.92 Å². The van der Waals surface area contributed by atoms with Crippen LogP contribution >= 0.6 is 0 Å². The van der Waals surface area contributed by atoms with E-state index in [-0.39, 0.29) is 12.0 Å². The highest BCUT2D eigenvalue weighted by Gasteiger charge is 2.30. The molecule has 0 radical (unpaired) electrons. The van der Waals surface area contributed by atoms with Gasteiger partial charge in [-0.2, -0.15) is 0 Å². The summed E-state index contributed by atoms with van der Waals surface area (Å²) in [5.74, 6) is -0.954. The molecule has 20 heavy (non-hydrogen) atoms. The fourth-order valence-electron chi connectivity index (χ4n) is 2.90. The van der Waals surface area contributed by atoms with Crippen LogP contribution in [0.5, 0.6) is 0 Å². The fraction of sp³-hybridized carbons (Fsp3) is 0.562. The Morgan fingerprint density at radius 2 is 2.20 bits per heavy atom. The number of rotatable bonds is 6. The van der Waals surface area contributed by atoms with Crippen LogP contribution in [-0.4, -0.2) is 41.7 Å². The van der Waals surface area contributed by atoms with Crippen LogP contribution in [0.1, 0.15) is 25.3 Å². The molecule has 0 amide bonds. The van der Waals surface area contributed by atoms with Gasteiger partial charge in [0.2, 0.25) is 0 Å². The lowest BCUT2D eigenvalue weighted by Gasteiger charge is -2.36. The van der Waals surface area contributed by atoms with E-state index < -0.39 is 5.97 Å². The molecule has 110 valence electrons. The topological polar surface area (TPSA) is 52.6 Å². The van der Waals surface area contributed by atoms with Gasteiger partial charge in [-0.05, 0) is 12.0 Å². The minimum Gasteiger partial charge on any atom is -0.481 e. The van der Waals surface area contributed by atoms with Crippen molar-refractivity contribution in [3.05, 3.63) is 35.9 Å². The van der Waals surface area contributed by atoms with Gasteiger partial charge in [0.15, 0.2) is 0 Å². The minimum atomic E-state index is -0.675. The molecule has 1 aliphatic rings. The van der Waals surface area contributed by atoms with Gasteiger partial charge < -0.3 is 10.4 Å². The summed E-state index contributed by atoms with van der Waals surface area (Å²) < 4.78 is 0. The first-order valence-corrected chi connectivity index (χ1v) is 7.43. The number of carboxylic acid groups (broad SMARTS) is 1. The van der Waals surface area contributed by atoms with E-state index in [1.54, 1.807) is 0 Å². The molecule has 4 heteroatoms. The van der Waals surface area contributed by atoms with E-state index in [0.29, 0.717) is 0 Å². The van der Waals surface area contributed by atoms with Gasteiger partial charge in [0, 0.05) is 32.2 Å². The predicted molar refractivity (Wildman–Crippen MR) is 79.5 cm³/mol. The Balaban J connectivity index is 1.95. The van der Waals surface area contributed by atoms with E-state index in [0.717, 1.165) is 39.0 Å². The fourth-order valence-corrected chi connectivity index (χ4v) is 2.90. The van der Waals surface area contributed by atoms with E-state index in [9.17, 15) is 9.90 Å². The average Bonchev–Trinajstić information content (AvgIpc) is 2.46. The summed E-state index contributed by atoms with van der Waals surface area (Å²) in [7, 11) is 0. The van der Waals surface area contributed by atoms with Gasteiger partial charge in [-0.25, -0.2) is 0 Å². The number of hydrogen-bond acceptors (Lipinski definition) is 3. The SMILES string of the molecule is CCCC(C(=O)O)C1CN(Cc2ccccc2)CCN1. The van der Waals surface area contributed by atoms with Crippen LogP contribution in [-0.2, 0) is 11.3 Å². The lowest BCUT2D eigenvalue weighted by atomic mass is 9.93. The zero-order chi connectivity index (χ0) is 14.4. The molecule has 0 bridgehead atoms. The van der Waals surface area contributed by atoms with Crippen LogP contribution in [0.2, 0.25) is 0 Å². The highest BCUT2D eigenvalue weighted by atomic mass is 16.4. The van der Waals surface area contributed by atoms with E-state index in [4.69, 9.17) is 0 Å². The first-order valence-electron chi connectivity index (χ1n) is 7.43. The summed E-state index contributed by atoms with van der Waals surface area (Å²) >= 11 is 0. The molecule has 0 aromatic heterocycles. The molecule has 2 N–H and O–H groups in total. The van der Waals surface area contributed by atoms with Gasteiger partial charge in [0.1, 0.15) is 0 Å². The molecule has 1 saturated heterocycles. The minimum absolute atomic E-state index is 0.0601. The van der Waals surface area contributed by atoms with Crippen LogP contribution in [0.4, 0.5) is 0 Å². The normalized spacial score (nSPS) is 21.6. The zero-order valence-electron chi connectivity index (χ0n) is 12.1. The van der Waals surface area contributed by atoms with Gasteiger partial charge in [-0.15, -0.1) is 0 Å². The number of hydrogen-bond donors (Lipinski definition) is 2. The van der Waals surface area contributed by atoms with Crippen molar-refractivity contribution in [1.82, 2.24) is 10.2 Å². The Hall–Kier alpha value is -1.39. The van der Waals surface area contributed by atoms with Gasteiger partial charge >= 0.3 is 5.97 Å². The predicted octanol–water partition coefficient (Wildman–Crippen LogP) is 1.96. The van der Waals surface area contributed by atoms with Gasteiger partial charge in [-0.3, -0.25) is 9.69 Å². The van der Waals surface area contributed by atoms with Crippen molar-refractivity contribution >= 4 is 5.97 Å². The number of piperazine rings is 1. The Morgan fingerprint density at radius 3 is 2.85 bits per heavy atom. The Bertz CT molecular complexity index is 422. The molecule has 1 heterocycles. The van der Waals surface area contributed by atoms with Crippen molar-refractivity contribution in [2.24, 2.45) is 5.92 Å². The zero-order valence-corrected chi connectivity index (χ0v) is 12.1. The summed E-state index contributed by atoms with van der Waals surface area (Å²) in [5, 5.41) is 12.8. The molecule has 1 aromatic carbocycles. The summed E-state index contributed by atoms with van der Waals surface area (Å²) in [5.41, 5.74) is 1.29. The third-order valence-electron chi connectivity index (χ3n) is 3.94. The van der Waals surface area contributed by atoms with Crippen molar-refractivity contribution in [3.8, 4) is 0 Å². The number of nitrogens with zero attached hydrogens (tertiary/aromatic N) is 1. The Labute approximate surface area is 120 Å². The molecule has 0 spiro atoms. The number of aliphatic carboxylic acids is 1. The van der Waals surface area contributed by atoms with Crippen LogP contribution in [0.15, 0.2) is 30.3 Å². The molecule has 4 nitrogen and oxygen atoms in total. The second kappa shape index (κ2) is 7.41. The molecule has 2 rings (SSSR count). The second-order valence-corrected chi connectivity index (χ2v) is 5.51. The van der Waals surface area contributed by atoms with E-state index in [1.165, 1.54) is 5.56 Å². The maximum Gasteiger partial charge on any atom is 0.308 e. The van der Waals surface area contributed by atoms with Crippen molar-refractivity contribution in [2.45, 2.75) is 32.4 Å². The molecule has 1 aromatic rings. The van der Waals surface area contributed by atoms with Crippen molar-refractivity contribution < 1.29 is 9.90 Å². The van der Waals surface area contributed by atoms with Crippen LogP contribution in [0.25, 0.3) is 0 Å². The van der Waals surface area contributed by atoms with Gasteiger partial charge in [-0.1, -0.05) is 43.7 Å². The number of nitrogens with one attached hydrogen (secondary N) is 1. The second-order valence-electron chi connectivity index (χ2n) is 5.51. The van der Waals surface area contributed by atoms with Crippen LogP contribution < -0.4 is 5.32 Å². The molecule has 1 fully saturated rings. The highest BCUT2D eigenvalue weighted by Crippen LogP contribution is 2.17. The lowest BCUT2D eigenvalue weighted by molar-refractivity contribution is -0.143. The summed E-state index contributed by atoms with van der Waals surface area (Å²) in [6.45, 7) is 5.60. The molecular weight excluding hydrogens is 252 g/mol. The maximum atomic E-state index is 11.4. The Kier molecular flexibility index (Phi) is 5.56. The molecular formula is C16H24N2O2. The van der Waals surface area contributed by atoms with E-state index >= 15 is 0 Å². The number of carbonyl (C=O) groups is 1. The van der Waals surface area contributed by atoms with Gasteiger partial charge in [0.25, 0.3) is 0 Å². The first kappa shape index (κ1) is 15.0. The van der Waals surface area contributed by atoms with E-state index in [1.807, 2.05) is 25.1 Å². The molecule has 0 saturated carbocycles. The summed E-state index contributed by atoms with van der Waals surface area (Å²) in [4.78, 5) is 13.7. The molecule has 2 unspecified atom stereocenters.